The summed E-state index contributed by atoms with van der Waals surface area (Å²) in [5, 5.41) is 3.36. The van der Waals surface area contributed by atoms with Gasteiger partial charge >= 0.3 is 0 Å². The van der Waals surface area contributed by atoms with Crippen molar-refractivity contribution >= 4 is 15.8 Å². The SMILES string of the molecule is CCNC(=NCC(c1cccc(OC)c1)N(CC)CC)N1CCS(=O)(=O)C(C)(C)C1. The first-order chi connectivity index (χ1) is 14.2. The van der Waals surface area contributed by atoms with Gasteiger partial charge in [-0.3, -0.25) is 9.89 Å². The second-order valence-corrected chi connectivity index (χ2v) is 11.0. The van der Waals surface area contributed by atoms with Crippen LogP contribution >= 0.6 is 0 Å². The average molecular weight is 439 g/mol. The van der Waals surface area contributed by atoms with E-state index in [1.807, 2.05) is 19.1 Å². The highest BCUT2D eigenvalue weighted by Crippen LogP contribution is 2.26. The Kier molecular flexibility index (Phi) is 8.55. The summed E-state index contributed by atoms with van der Waals surface area (Å²) in [6, 6.07) is 8.27. The number of sulfone groups is 1. The second-order valence-electron chi connectivity index (χ2n) is 8.21. The van der Waals surface area contributed by atoms with Gasteiger partial charge in [-0.25, -0.2) is 8.42 Å². The lowest BCUT2D eigenvalue weighted by atomic mass is 10.0. The molecule has 0 aromatic heterocycles. The van der Waals surface area contributed by atoms with Crippen LogP contribution in [-0.2, 0) is 9.84 Å². The van der Waals surface area contributed by atoms with Gasteiger partial charge in [0, 0.05) is 19.6 Å². The van der Waals surface area contributed by atoms with Crippen LogP contribution in [0.2, 0.25) is 0 Å². The van der Waals surface area contributed by atoms with E-state index >= 15 is 0 Å². The molecule has 0 spiro atoms. The summed E-state index contributed by atoms with van der Waals surface area (Å²) in [6.07, 6.45) is 0. The summed E-state index contributed by atoms with van der Waals surface area (Å²) in [5.74, 6) is 1.77. The zero-order chi connectivity index (χ0) is 22.4. The lowest BCUT2D eigenvalue weighted by molar-refractivity contribution is 0.223. The first-order valence-electron chi connectivity index (χ1n) is 10.8. The third kappa shape index (κ3) is 5.66. The van der Waals surface area contributed by atoms with E-state index in [-0.39, 0.29) is 11.8 Å². The smallest absolute Gasteiger partial charge is 0.194 e. The fraction of sp³-hybridized carbons (Fsp3) is 0.682. The molecule has 0 bridgehead atoms. The number of guanidine groups is 1. The topological polar surface area (TPSA) is 74.2 Å². The summed E-state index contributed by atoms with van der Waals surface area (Å²) in [7, 11) is -1.41. The van der Waals surface area contributed by atoms with Crippen molar-refractivity contribution in [3.8, 4) is 5.75 Å². The maximum absolute atomic E-state index is 12.4. The van der Waals surface area contributed by atoms with E-state index in [1.165, 1.54) is 5.56 Å². The van der Waals surface area contributed by atoms with E-state index in [0.29, 0.717) is 19.6 Å². The molecule has 1 aliphatic rings. The van der Waals surface area contributed by atoms with E-state index in [4.69, 9.17) is 9.73 Å². The van der Waals surface area contributed by atoms with E-state index in [2.05, 4.69) is 41.1 Å². The van der Waals surface area contributed by atoms with Gasteiger partial charge in [-0.05, 0) is 51.6 Å². The fourth-order valence-electron chi connectivity index (χ4n) is 3.87. The number of nitrogens with one attached hydrogen (secondary N) is 1. The molecular formula is C22H38N4O3S. The molecule has 30 heavy (non-hydrogen) atoms. The van der Waals surface area contributed by atoms with Crippen molar-refractivity contribution in [3.63, 3.8) is 0 Å². The molecule has 1 unspecified atom stereocenters. The molecule has 0 radical (unpaired) electrons. The van der Waals surface area contributed by atoms with E-state index < -0.39 is 14.6 Å². The Morgan fingerprint density at radius 1 is 1.30 bits per heavy atom. The third-order valence-electron chi connectivity index (χ3n) is 5.82. The monoisotopic (exact) mass is 438 g/mol. The van der Waals surface area contributed by atoms with Crippen molar-refractivity contribution in [2.45, 2.75) is 45.4 Å². The lowest BCUT2D eigenvalue weighted by Gasteiger charge is -2.39. The largest absolute Gasteiger partial charge is 0.497 e. The summed E-state index contributed by atoms with van der Waals surface area (Å²) in [5.41, 5.74) is 1.17. The number of methoxy groups -OCH3 is 1. The summed E-state index contributed by atoms with van der Waals surface area (Å²) < 4.78 is 29.4. The molecule has 1 atom stereocenters. The molecule has 2 rings (SSSR count). The fourth-order valence-corrected chi connectivity index (χ4v) is 5.23. The molecule has 1 heterocycles. The Labute approximate surface area is 182 Å². The number of ether oxygens (including phenoxy) is 1. The highest BCUT2D eigenvalue weighted by atomic mass is 32.2. The Bertz CT molecular complexity index is 819. The number of hydrogen-bond donors (Lipinski definition) is 1. The van der Waals surface area contributed by atoms with Crippen LogP contribution in [0.3, 0.4) is 0 Å². The number of rotatable bonds is 8. The van der Waals surface area contributed by atoms with Crippen LogP contribution in [0.1, 0.15) is 46.2 Å². The number of aliphatic imine (C=N–C) groups is 1. The van der Waals surface area contributed by atoms with Gasteiger partial charge in [0.2, 0.25) is 0 Å². The quantitative estimate of drug-likeness (QED) is 0.497. The van der Waals surface area contributed by atoms with Crippen LogP contribution in [0.4, 0.5) is 0 Å². The van der Waals surface area contributed by atoms with Crippen LogP contribution in [0.15, 0.2) is 29.3 Å². The molecule has 1 saturated heterocycles. The van der Waals surface area contributed by atoms with Gasteiger partial charge in [0.1, 0.15) is 5.75 Å². The number of benzene rings is 1. The molecule has 7 nitrogen and oxygen atoms in total. The van der Waals surface area contributed by atoms with E-state index in [0.717, 1.165) is 31.3 Å². The highest BCUT2D eigenvalue weighted by molar-refractivity contribution is 7.92. The average Bonchev–Trinajstić information content (AvgIpc) is 2.72. The van der Waals surface area contributed by atoms with Crippen LogP contribution in [-0.4, -0.2) is 81.1 Å². The predicted octanol–water partition coefficient (Wildman–Crippen LogP) is 2.55. The van der Waals surface area contributed by atoms with Gasteiger partial charge in [0.05, 0.1) is 30.2 Å². The number of nitrogens with zero attached hydrogens (tertiary/aromatic N) is 3. The molecule has 0 aliphatic carbocycles. The van der Waals surface area contributed by atoms with Crippen LogP contribution < -0.4 is 10.1 Å². The van der Waals surface area contributed by atoms with Gasteiger partial charge in [0.25, 0.3) is 0 Å². The molecule has 8 heteroatoms. The first kappa shape index (κ1) is 24.5. The van der Waals surface area contributed by atoms with Crippen LogP contribution in [0.5, 0.6) is 5.75 Å². The van der Waals surface area contributed by atoms with E-state index in [1.54, 1.807) is 21.0 Å². The van der Waals surface area contributed by atoms with Gasteiger partial charge < -0.3 is 15.0 Å². The molecule has 1 aromatic carbocycles. The van der Waals surface area contributed by atoms with Crippen molar-refractivity contribution in [2.75, 3.05) is 52.1 Å². The number of hydrogen-bond acceptors (Lipinski definition) is 5. The van der Waals surface area contributed by atoms with Crippen molar-refractivity contribution < 1.29 is 13.2 Å². The van der Waals surface area contributed by atoms with Crippen molar-refractivity contribution in [1.29, 1.82) is 0 Å². The predicted molar refractivity (Wildman–Crippen MR) is 124 cm³/mol. The summed E-state index contributed by atoms with van der Waals surface area (Å²) in [4.78, 5) is 9.41. The Balaban J connectivity index is 2.31. The molecule has 170 valence electrons. The zero-order valence-electron chi connectivity index (χ0n) is 19.3. The van der Waals surface area contributed by atoms with Crippen molar-refractivity contribution in [2.24, 2.45) is 4.99 Å². The standard InChI is InChI=1S/C22H38N4O3S/c1-7-23-21(26-13-14-30(27,28)22(4,5)17-26)24-16-20(25(8-2)9-3)18-11-10-12-19(15-18)29-6/h10-12,15,20H,7-9,13-14,16-17H2,1-6H3,(H,23,24). The number of likely N-dealkylation sites (N-methyl/N-ethyl adjacent to an activating group) is 1. The molecular weight excluding hydrogens is 400 g/mol. The minimum Gasteiger partial charge on any atom is -0.497 e. The molecule has 1 fully saturated rings. The third-order valence-corrected chi connectivity index (χ3v) is 8.36. The Morgan fingerprint density at radius 3 is 2.57 bits per heavy atom. The maximum atomic E-state index is 12.4. The van der Waals surface area contributed by atoms with Crippen molar-refractivity contribution in [3.05, 3.63) is 29.8 Å². The van der Waals surface area contributed by atoms with Crippen molar-refractivity contribution in [1.82, 2.24) is 15.1 Å². The molecule has 1 aromatic rings. The normalized spacial score (nSPS) is 19.6. The molecule has 0 saturated carbocycles. The van der Waals surface area contributed by atoms with Crippen LogP contribution in [0, 0.1) is 0 Å². The van der Waals surface area contributed by atoms with Gasteiger partial charge in [0.15, 0.2) is 15.8 Å². The Morgan fingerprint density at radius 2 is 2.00 bits per heavy atom. The summed E-state index contributed by atoms with van der Waals surface area (Å²) >= 11 is 0. The van der Waals surface area contributed by atoms with Gasteiger partial charge in [-0.2, -0.15) is 0 Å². The molecule has 1 aliphatic heterocycles. The van der Waals surface area contributed by atoms with Crippen LogP contribution in [0.25, 0.3) is 0 Å². The lowest BCUT2D eigenvalue weighted by Crippen LogP contribution is -2.57. The maximum Gasteiger partial charge on any atom is 0.194 e. The Hall–Kier alpha value is -1.80. The molecule has 0 amide bonds. The van der Waals surface area contributed by atoms with E-state index in [9.17, 15) is 8.42 Å². The second kappa shape index (κ2) is 10.5. The minimum absolute atomic E-state index is 0.116. The van der Waals surface area contributed by atoms with Gasteiger partial charge in [-0.1, -0.05) is 26.0 Å². The minimum atomic E-state index is -3.09. The summed E-state index contributed by atoms with van der Waals surface area (Å²) in [6.45, 7) is 14.0. The first-order valence-corrected chi connectivity index (χ1v) is 12.5. The molecule has 1 N–H and O–H groups in total. The highest BCUT2D eigenvalue weighted by Gasteiger charge is 2.41. The zero-order valence-corrected chi connectivity index (χ0v) is 20.1. The van der Waals surface area contributed by atoms with Gasteiger partial charge in [-0.15, -0.1) is 0 Å².